The quantitative estimate of drug-likeness (QED) is 0.785. The SMILES string of the molecule is Cn1cc(C2=NN(CC3CCC3)C(=O)C2)cn1. The van der Waals surface area contributed by atoms with Crippen LogP contribution in [0.1, 0.15) is 31.2 Å². The Morgan fingerprint density at radius 3 is 2.88 bits per heavy atom. The smallest absolute Gasteiger partial charge is 0.248 e. The fourth-order valence-corrected chi connectivity index (χ4v) is 2.26. The van der Waals surface area contributed by atoms with Crippen molar-refractivity contribution in [3.63, 3.8) is 0 Å². The van der Waals surface area contributed by atoms with E-state index >= 15 is 0 Å². The molecular weight excluding hydrogens is 216 g/mol. The molecule has 3 rings (SSSR count). The zero-order valence-corrected chi connectivity index (χ0v) is 9.96. The molecule has 90 valence electrons. The summed E-state index contributed by atoms with van der Waals surface area (Å²) in [6.45, 7) is 0.794. The lowest BCUT2D eigenvalue weighted by molar-refractivity contribution is -0.129. The minimum atomic E-state index is 0.121. The van der Waals surface area contributed by atoms with E-state index in [-0.39, 0.29) is 5.91 Å². The van der Waals surface area contributed by atoms with E-state index in [0.29, 0.717) is 12.3 Å². The van der Waals surface area contributed by atoms with Gasteiger partial charge in [0.05, 0.1) is 18.3 Å². The van der Waals surface area contributed by atoms with Crippen molar-refractivity contribution in [1.29, 1.82) is 0 Å². The second kappa shape index (κ2) is 3.98. The Labute approximate surface area is 100 Å². The summed E-state index contributed by atoms with van der Waals surface area (Å²) < 4.78 is 1.73. The molecule has 2 heterocycles. The average molecular weight is 232 g/mol. The third-order valence-corrected chi connectivity index (χ3v) is 3.54. The number of rotatable bonds is 3. The number of amides is 1. The lowest BCUT2D eigenvalue weighted by atomic mass is 9.85. The maximum atomic E-state index is 11.8. The Morgan fingerprint density at radius 2 is 2.29 bits per heavy atom. The highest BCUT2D eigenvalue weighted by Crippen LogP contribution is 2.28. The first-order chi connectivity index (χ1) is 8.22. The Balaban J connectivity index is 1.73. The minimum Gasteiger partial charge on any atom is -0.275 e. The van der Waals surface area contributed by atoms with Gasteiger partial charge in [-0.3, -0.25) is 9.48 Å². The Bertz CT molecular complexity index is 473. The van der Waals surface area contributed by atoms with Crippen LogP contribution in [0.5, 0.6) is 0 Å². The van der Waals surface area contributed by atoms with Crippen LogP contribution in [-0.4, -0.2) is 33.0 Å². The molecule has 1 aromatic heterocycles. The second-order valence-corrected chi connectivity index (χ2v) is 4.90. The summed E-state index contributed by atoms with van der Waals surface area (Å²) in [5, 5.41) is 10.2. The summed E-state index contributed by atoms with van der Waals surface area (Å²) in [6.07, 6.45) is 7.85. The van der Waals surface area contributed by atoms with Gasteiger partial charge >= 0.3 is 0 Å². The van der Waals surface area contributed by atoms with Crippen molar-refractivity contribution in [2.24, 2.45) is 18.1 Å². The zero-order valence-electron chi connectivity index (χ0n) is 9.96. The number of nitrogens with zero attached hydrogens (tertiary/aromatic N) is 4. The molecule has 5 nitrogen and oxygen atoms in total. The Hall–Kier alpha value is -1.65. The maximum absolute atomic E-state index is 11.8. The molecule has 1 amide bonds. The van der Waals surface area contributed by atoms with E-state index in [0.717, 1.165) is 17.8 Å². The Kier molecular flexibility index (Phi) is 2.46. The van der Waals surface area contributed by atoms with Gasteiger partial charge in [0.25, 0.3) is 0 Å². The summed E-state index contributed by atoms with van der Waals surface area (Å²) >= 11 is 0. The van der Waals surface area contributed by atoms with Crippen LogP contribution >= 0.6 is 0 Å². The third kappa shape index (κ3) is 1.97. The largest absolute Gasteiger partial charge is 0.275 e. The van der Waals surface area contributed by atoms with E-state index in [1.165, 1.54) is 19.3 Å². The van der Waals surface area contributed by atoms with Gasteiger partial charge in [-0.25, -0.2) is 5.01 Å². The van der Waals surface area contributed by atoms with E-state index in [1.807, 2.05) is 13.2 Å². The van der Waals surface area contributed by atoms with Crippen molar-refractivity contribution in [3.8, 4) is 0 Å². The van der Waals surface area contributed by atoms with Crippen LogP contribution in [0, 0.1) is 5.92 Å². The first-order valence-electron chi connectivity index (χ1n) is 6.09. The first kappa shape index (κ1) is 10.5. The molecule has 1 aliphatic carbocycles. The van der Waals surface area contributed by atoms with Crippen LogP contribution in [0.15, 0.2) is 17.5 Å². The molecule has 0 spiro atoms. The van der Waals surface area contributed by atoms with E-state index in [1.54, 1.807) is 15.9 Å². The van der Waals surface area contributed by atoms with Crippen LogP contribution in [0.2, 0.25) is 0 Å². The number of carbonyl (C=O) groups is 1. The third-order valence-electron chi connectivity index (χ3n) is 3.54. The molecule has 0 atom stereocenters. The van der Waals surface area contributed by atoms with E-state index in [4.69, 9.17) is 0 Å². The molecule has 5 heteroatoms. The van der Waals surface area contributed by atoms with Gasteiger partial charge in [-0.15, -0.1) is 0 Å². The molecule has 0 radical (unpaired) electrons. The minimum absolute atomic E-state index is 0.121. The Morgan fingerprint density at radius 1 is 1.47 bits per heavy atom. The molecule has 0 unspecified atom stereocenters. The van der Waals surface area contributed by atoms with Crippen molar-refractivity contribution in [2.75, 3.05) is 6.54 Å². The van der Waals surface area contributed by atoms with E-state index < -0.39 is 0 Å². The molecule has 1 aromatic rings. The van der Waals surface area contributed by atoms with E-state index in [2.05, 4.69) is 10.2 Å². The molecule has 1 aliphatic heterocycles. The standard InChI is InChI=1S/C12H16N4O/c1-15-8-10(6-13-15)11-5-12(17)16(14-11)7-9-3-2-4-9/h6,8-9H,2-5,7H2,1H3. The first-order valence-corrected chi connectivity index (χ1v) is 6.09. The van der Waals surface area contributed by atoms with Gasteiger partial charge in [-0.05, 0) is 18.8 Å². The van der Waals surface area contributed by atoms with Gasteiger partial charge < -0.3 is 0 Å². The van der Waals surface area contributed by atoms with Crippen LogP contribution in [0.3, 0.4) is 0 Å². The average Bonchev–Trinajstić information content (AvgIpc) is 2.79. The number of hydrogen-bond acceptors (Lipinski definition) is 3. The van der Waals surface area contributed by atoms with Gasteiger partial charge in [0.2, 0.25) is 5.91 Å². The van der Waals surface area contributed by atoms with Crippen molar-refractivity contribution < 1.29 is 4.79 Å². The molecule has 1 saturated carbocycles. The number of carbonyl (C=O) groups excluding carboxylic acids is 1. The molecule has 0 saturated heterocycles. The highest BCUT2D eigenvalue weighted by Gasteiger charge is 2.29. The normalized spacial score (nSPS) is 20.6. The topological polar surface area (TPSA) is 50.5 Å². The van der Waals surface area contributed by atoms with Gasteiger partial charge in [0.15, 0.2) is 0 Å². The fraction of sp³-hybridized carbons (Fsp3) is 0.583. The summed E-state index contributed by atoms with van der Waals surface area (Å²) in [5.41, 5.74) is 1.80. The molecular formula is C12H16N4O. The number of hydrogen-bond donors (Lipinski definition) is 0. The van der Waals surface area contributed by atoms with Crippen LogP contribution in [0.4, 0.5) is 0 Å². The number of aromatic nitrogens is 2. The molecule has 0 N–H and O–H groups in total. The molecule has 0 bridgehead atoms. The van der Waals surface area contributed by atoms with Crippen molar-refractivity contribution in [3.05, 3.63) is 18.0 Å². The summed E-state index contributed by atoms with van der Waals surface area (Å²) in [7, 11) is 1.87. The number of aryl methyl sites for hydroxylation is 1. The second-order valence-electron chi connectivity index (χ2n) is 4.90. The molecule has 1 fully saturated rings. The van der Waals surface area contributed by atoms with Crippen molar-refractivity contribution in [2.45, 2.75) is 25.7 Å². The highest BCUT2D eigenvalue weighted by molar-refractivity contribution is 6.13. The van der Waals surface area contributed by atoms with Gasteiger partial charge in [-0.1, -0.05) is 6.42 Å². The predicted molar refractivity (Wildman–Crippen MR) is 63.4 cm³/mol. The lowest BCUT2D eigenvalue weighted by Gasteiger charge is -2.27. The van der Waals surface area contributed by atoms with Gasteiger partial charge in [0, 0.05) is 25.4 Å². The maximum Gasteiger partial charge on any atom is 0.248 e. The van der Waals surface area contributed by atoms with Gasteiger partial charge in [0.1, 0.15) is 0 Å². The van der Waals surface area contributed by atoms with E-state index in [9.17, 15) is 4.79 Å². The van der Waals surface area contributed by atoms with Crippen LogP contribution < -0.4 is 0 Å². The van der Waals surface area contributed by atoms with Gasteiger partial charge in [-0.2, -0.15) is 10.2 Å². The van der Waals surface area contributed by atoms with Crippen LogP contribution in [-0.2, 0) is 11.8 Å². The van der Waals surface area contributed by atoms with Crippen molar-refractivity contribution >= 4 is 11.6 Å². The lowest BCUT2D eigenvalue weighted by Crippen LogP contribution is -2.30. The monoisotopic (exact) mass is 232 g/mol. The molecule has 17 heavy (non-hydrogen) atoms. The highest BCUT2D eigenvalue weighted by atomic mass is 16.2. The fourth-order valence-electron chi connectivity index (χ4n) is 2.26. The zero-order chi connectivity index (χ0) is 11.8. The van der Waals surface area contributed by atoms with Crippen molar-refractivity contribution in [1.82, 2.24) is 14.8 Å². The molecule has 0 aromatic carbocycles. The van der Waals surface area contributed by atoms with Crippen LogP contribution in [0.25, 0.3) is 0 Å². The summed E-state index contributed by atoms with van der Waals surface area (Å²) in [5.74, 6) is 0.784. The summed E-state index contributed by atoms with van der Waals surface area (Å²) in [4.78, 5) is 11.8. The summed E-state index contributed by atoms with van der Waals surface area (Å²) in [6, 6.07) is 0. The number of hydrazone groups is 1. The predicted octanol–water partition coefficient (Wildman–Crippen LogP) is 1.16. The molecule has 2 aliphatic rings.